The summed E-state index contributed by atoms with van der Waals surface area (Å²) in [5, 5.41) is 10.5. The Labute approximate surface area is 111 Å². The highest BCUT2D eigenvalue weighted by Gasteiger charge is 2.38. The number of carboxylic acids is 1. The van der Waals surface area contributed by atoms with Crippen LogP contribution in [-0.4, -0.2) is 29.7 Å². The summed E-state index contributed by atoms with van der Waals surface area (Å²) in [5.41, 5.74) is 0.433. The Bertz CT molecular complexity index is 502. The molecule has 0 aliphatic heterocycles. The number of hydrogen-bond acceptors (Lipinski definition) is 2. The number of hydrogen-bond donors (Lipinski definition) is 2. The maximum absolute atomic E-state index is 11.9. The fourth-order valence-electron chi connectivity index (χ4n) is 1.29. The molecule has 0 bridgehead atoms. The van der Waals surface area contributed by atoms with E-state index in [1.54, 1.807) is 5.32 Å². The van der Waals surface area contributed by atoms with Crippen molar-refractivity contribution in [2.75, 3.05) is 6.54 Å². The van der Waals surface area contributed by atoms with Gasteiger partial charge in [-0.05, 0) is 24.1 Å². The summed E-state index contributed by atoms with van der Waals surface area (Å²) in [4.78, 5) is 21.2. The maximum Gasteiger partial charge on any atom is 0.471 e. The van der Waals surface area contributed by atoms with Crippen LogP contribution in [0.3, 0.4) is 0 Å². The van der Waals surface area contributed by atoms with E-state index in [4.69, 9.17) is 16.7 Å². The van der Waals surface area contributed by atoms with Gasteiger partial charge >= 0.3 is 18.1 Å². The Morgan fingerprint density at radius 1 is 1.32 bits per heavy atom. The van der Waals surface area contributed by atoms with Crippen LogP contribution in [0.2, 0.25) is 5.02 Å². The van der Waals surface area contributed by atoms with Crippen molar-refractivity contribution in [3.63, 3.8) is 0 Å². The molecule has 0 saturated carbocycles. The number of carboxylic acid groups (broad SMARTS) is 1. The van der Waals surface area contributed by atoms with E-state index in [0.29, 0.717) is 5.56 Å². The fraction of sp³-hybridized carbons (Fsp3) is 0.273. The molecule has 0 aliphatic rings. The van der Waals surface area contributed by atoms with Crippen molar-refractivity contribution in [2.45, 2.75) is 12.6 Å². The molecule has 0 saturated heterocycles. The summed E-state index contributed by atoms with van der Waals surface area (Å²) in [6.45, 7) is -0.246. The number of carbonyl (C=O) groups is 2. The minimum atomic E-state index is -4.92. The molecule has 19 heavy (non-hydrogen) atoms. The van der Waals surface area contributed by atoms with E-state index in [0.717, 1.165) is 0 Å². The average molecular weight is 296 g/mol. The first-order valence-corrected chi connectivity index (χ1v) is 5.46. The molecular formula is C11H9ClF3NO3. The lowest BCUT2D eigenvalue weighted by molar-refractivity contribution is -0.173. The topological polar surface area (TPSA) is 66.4 Å². The predicted octanol–water partition coefficient (Wildman–Crippen LogP) is 2.26. The summed E-state index contributed by atoms with van der Waals surface area (Å²) in [5.74, 6) is -3.18. The van der Waals surface area contributed by atoms with E-state index in [1.807, 2.05) is 0 Å². The van der Waals surface area contributed by atoms with Crippen LogP contribution in [0.15, 0.2) is 18.2 Å². The number of halogens is 4. The van der Waals surface area contributed by atoms with Crippen molar-refractivity contribution in [2.24, 2.45) is 0 Å². The lowest BCUT2D eigenvalue weighted by atomic mass is 10.1. The highest BCUT2D eigenvalue weighted by molar-refractivity contribution is 6.31. The third-order valence-electron chi connectivity index (χ3n) is 2.24. The van der Waals surface area contributed by atoms with Crippen LogP contribution < -0.4 is 5.32 Å². The van der Waals surface area contributed by atoms with Gasteiger partial charge in [0, 0.05) is 11.6 Å². The van der Waals surface area contributed by atoms with Gasteiger partial charge in [-0.15, -0.1) is 0 Å². The monoisotopic (exact) mass is 295 g/mol. The molecule has 1 aromatic carbocycles. The highest BCUT2D eigenvalue weighted by Crippen LogP contribution is 2.19. The van der Waals surface area contributed by atoms with Gasteiger partial charge in [-0.1, -0.05) is 17.7 Å². The third kappa shape index (κ3) is 4.44. The molecule has 0 aromatic heterocycles. The molecule has 1 rings (SSSR count). The first kappa shape index (κ1) is 15.3. The summed E-state index contributed by atoms with van der Waals surface area (Å²) < 4.78 is 35.7. The second-order valence-corrected chi connectivity index (χ2v) is 4.02. The zero-order valence-corrected chi connectivity index (χ0v) is 10.2. The Balaban J connectivity index is 2.60. The van der Waals surface area contributed by atoms with Crippen LogP contribution in [0, 0.1) is 0 Å². The van der Waals surface area contributed by atoms with Gasteiger partial charge < -0.3 is 10.4 Å². The average Bonchev–Trinajstić information content (AvgIpc) is 2.29. The normalized spacial score (nSPS) is 11.2. The molecule has 0 atom stereocenters. The zero-order valence-electron chi connectivity index (χ0n) is 9.42. The molecule has 1 aromatic rings. The van der Waals surface area contributed by atoms with Crippen molar-refractivity contribution in [3.05, 3.63) is 34.3 Å². The molecule has 0 aliphatic carbocycles. The van der Waals surface area contributed by atoms with Gasteiger partial charge in [0.05, 0.1) is 5.56 Å². The molecule has 8 heteroatoms. The molecule has 0 heterocycles. The van der Waals surface area contributed by atoms with Crippen LogP contribution in [0.25, 0.3) is 0 Å². The van der Waals surface area contributed by atoms with Gasteiger partial charge in [0.15, 0.2) is 0 Å². The molecule has 0 spiro atoms. The van der Waals surface area contributed by atoms with Gasteiger partial charge in [-0.3, -0.25) is 4.79 Å². The standard InChI is InChI=1S/C11H9ClF3NO3/c12-8-5-7(9(17)18)2-1-6(8)3-4-16-10(19)11(13,14)15/h1-2,5H,3-4H2,(H,16,19)(H,17,18). The number of benzene rings is 1. The smallest absolute Gasteiger partial charge is 0.471 e. The summed E-state index contributed by atoms with van der Waals surface area (Å²) in [6, 6.07) is 3.88. The van der Waals surface area contributed by atoms with E-state index < -0.39 is 18.1 Å². The molecule has 0 fully saturated rings. The third-order valence-corrected chi connectivity index (χ3v) is 2.59. The number of carbonyl (C=O) groups excluding carboxylic acids is 1. The zero-order chi connectivity index (χ0) is 14.6. The Morgan fingerprint density at radius 2 is 1.95 bits per heavy atom. The minimum absolute atomic E-state index is 0.0203. The number of rotatable bonds is 4. The Morgan fingerprint density at radius 3 is 2.42 bits per heavy atom. The first-order chi connectivity index (χ1) is 8.71. The Hall–Kier alpha value is -1.76. The largest absolute Gasteiger partial charge is 0.478 e. The maximum atomic E-state index is 11.9. The molecular weight excluding hydrogens is 287 g/mol. The van der Waals surface area contributed by atoms with Crippen LogP contribution in [0.4, 0.5) is 13.2 Å². The van der Waals surface area contributed by atoms with E-state index in [2.05, 4.69) is 0 Å². The van der Waals surface area contributed by atoms with Crippen LogP contribution in [0.1, 0.15) is 15.9 Å². The number of nitrogens with one attached hydrogen (secondary N) is 1. The highest BCUT2D eigenvalue weighted by atomic mass is 35.5. The van der Waals surface area contributed by atoms with Crippen molar-refractivity contribution in [1.82, 2.24) is 5.32 Å². The summed E-state index contributed by atoms with van der Waals surface area (Å²) in [7, 11) is 0. The molecule has 4 nitrogen and oxygen atoms in total. The number of aromatic carboxylic acids is 1. The van der Waals surface area contributed by atoms with Gasteiger partial charge in [-0.25, -0.2) is 4.79 Å². The lowest BCUT2D eigenvalue weighted by Gasteiger charge is -2.09. The number of alkyl halides is 3. The Kier molecular flexibility index (Phi) is 4.77. The van der Waals surface area contributed by atoms with Crippen LogP contribution in [-0.2, 0) is 11.2 Å². The molecule has 0 radical (unpaired) electrons. The lowest BCUT2D eigenvalue weighted by Crippen LogP contribution is -2.37. The minimum Gasteiger partial charge on any atom is -0.478 e. The van der Waals surface area contributed by atoms with Crippen molar-refractivity contribution in [3.8, 4) is 0 Å². The molecule has 2 N–H and O–H groups in total. The SMILES string of the molecule is O=C(O)c1ccc(CCNC(=O)C(F)(F)F)c(Cl)c1. The van der Waals surface area contributed by atoms with E-state index in [-0.39, 0.29) is 23.6 Å². The quantitative estimate of drug-likeness (QED) is 0.895. The second kappa shape index (κ2) is 5.92. The van der Waals surface area contributed by atoms with E-state index >= 15 is 0 Å². The summed E-state index contributed by atoms with van der Waals surface area (Å²) >= 11 is 5.78. The fourth-order valence-corrected chi connectivity index (χ4v) is 1.57. The van der Waals surface area contributed by atoms with E-state index in [1.165, 1.54) is 18.2 Å². The van der Waals surface area contributed by atoms with Crippen LogP contribution >= 0.6 is 11.6 Å². The molecule has 0 unspecified atom stereocenters. The molecule has 104 valence electrons. The van der Waals surface area contributed by atoms with Crippen molar-refractivity contribution < 1.29 is 27.9 Å². The van der Waals surface area contributed by atoms with Gasteiger partial charge in [0.1, 0.15) is 0 Å². The van der Waals surface area contributed by atoms with Gasteiger partial charge in [0.2, 0.25) is 0 Å². The summed E-state index contributed by atoms with van der Waals surface area (Å²) in [6.07, 6.45) is -4.85. The predicted molar refractivity (Wildman–Crippen MR) is 61.2 cm³/mol. The van der Waals surface area contributed by atoms with Crippen molar-refractivity contribution in [1.29, 1.82) is 0 Å². The first-order valence-electron chi connectivity index (χ1n) is 5.08. The van der Waals surface area contributed by atoms with E-state index in [9.17, 15) is 22.8 Å². The van der Waals surface area contributed by atoms with Crippen LogP contribution in [0.5, 0.6) is 0 Å². The second-order valence-electron chi connectivity index (χ2n) is 3.62. The molecule has 1 amide bonds. The van der Waals surface area contributed by atoms with Gasteiger partial charge in [0.25, 0.3) is 0 Å². The van der Waals surface area contributed by atoms with Crippen molar-refractivity contribution >= 4 is 23.5 Å². The van der Waals surface area contributed by atoms with Gasteiger partial charge in [-0.2, -0.15) is 13.2 Å². The number of amides is 1.